The topological polar surface area (TPSA) is 38.9 Å². The van der Waals surface area contributed by atoms with Gasteiger partial charge in [-0.2, -0.15) is 0 Å². The average molecular weight is 252 g/mol. The molecule has 1 aliphatic rings. The number of hydrogen-bond acceptors (Lipinski definition) is 3. The highest BCUT2D eigenvalue weighted by molar-refractivity contribution is 7.09. The van der Waals surface area contributed by atoms with Crippen LogP contribution in [0.2, 0.25) is 0 Å². The molecule has 1 unspecified atom stereocenters. The summed E-state index contributed by atoms with van der Waals surface area (Å²) in [5.74, 6) is 1.35. The Hall–Kier alpha value is -0.410. The second-order valence-electron chi connectivity index (χ2n) is 5.61. The van der Waals surface area contributed by atoms with Gasteiger partial charge in [-0.1, -0.05) is 46.0 Å². The predicted octanol–water partition coefficient (Wildman–Crippen LogP) is 4.24. The maximum absolute atomic E-state index is 6.29. The van der Waals surface area contributed by atoms with Crippen molar-refractivity contribution in [3.8, 4) is 0 Å². The van der Waals surface area contributed by atoms with Crippen LogP contribution in [0.4, 0.5) is 0 Å². The van der Waals surface area contributed by atoms with Crippen LogP contribution < -0.4 is 5.73 Å². The molecule has 0 spiro atoms. The molecule has 1 aromatic rings. The molecule has 3 heteroatoms. The van der Waals surface area contributed by atoms with Crippen LogP contribution in [0.25, 0.3) is 0 Å². The lowest BCUT2D eigenvalue weighted by molar-refractivity contribution is 0.319. The number of nitrogens with zero attached hydrogens (tertiary/aromatic N) is 1. The maximum Gasteiger partial charge on any atom is 0.110 e. The second-order valence-corrected chi connectivity index (χ2v) is 6.50. The number of rotatable bonds is 4. The van der Waals surface area contributed by atoms with E-state index in [1.165, 1.54) is 37.8 Å². The summed E-state index contributed by atoms with van der Waals surface area (Å²) in [5.41, 5.74) is 7.49. The summed E-state index contributed by atoms with van der Waals surface area (Å²) >= 11 is 1.74. The summed E-state index contributed by atoms with van der Waals surface area (Å²) < 4.78 is 0. The molecule has 17 heavy (non-hydrogen) atoms. The van der Waals surface area contributed by atoms with E-state index in [0.29, 0.717) is 5.92 Å². The standard InChI is InChI=1S/C14H24N2S/c1-10(2)13-9-17-14(16-13)12(15)8-11-6-4-3-5-7-11/h9-12H,3-8,15H2,1-2H3. The van der Waals surface area contributed by atoms with Crippen molar-refractivity contribution in [2.45, 2.75) is 64.3 Å². The second kappa shape index (κ2) is 5.96. The van der Waals surface area contributed by atoms with Gasteiger partial charge in [0.25, 0.3) is 0 Å². The van der Waals surface area contributed by atoms with Gasteiger partial charge in [0.2, 0.25) is 0 Å². The Morgan fingerprint density at radius 3 is 2.65 bits per heavy atom. The van der Waals surface area contributed by atoms with Crippen molar-refractivity contribution in [3.05, 3.63) is 16.1 Å². The molecule has 0 radical (unpaired) electrons. The molecular weight excluding hydrogens is 228 g/mol. The van der Waals surface area contributed by atoms with Gasteiger partial charge in [0.1, 0.15) is 5.01 Å². The zero-order chi connectivity index (χ0) is 12.3. The summed E-state index contributed by atoms with van der Waals surface area (Å²) in [5, 5.41) is 3.31. The molecule has 1 saturated carbocycles. The van der Waals surface area contributed by atoms with Gasteiger partial charge in [-0.05, 0) is 18.3 Å². The van der Waals surface area contributed by atoms with E-state index in [2.05, 4.69) is 24.2 Å². The van der Waals surface area contributed by atoms with Crippen molar-refractivity contribution in [2.24, 2.45) is 11.7 Å². The third-order valence-electron chi connectivity index (χ3n) is 3.76. The Morgan fingerprint density at radius 2 is 2.06 bits per heavy atom. The highest BCUT2D eigenvalue weighted by atomic mass is 32.1. The third-order valence-corrected chi connectivity index (χ3v) is 4.76. The van der Waals surface area contributed by atoms with Crippen molar-refractivity contribution in [1.82, 2.24) is 4.98 Å². The van der Waals surface area contributed by atoms with Crippen molar-refractivity contribution >= 4 is 11.3 Å². The van der Waals surface area contributed by atoms with Gasteiger partial charge < -0.3 is 5.73 Å². The van der Waals surface area contributed by atoms with Crippen molar-refractivity contribution in [3.63, 3.8) is 0 Å². The van der Waals surface area contributed by atoms with Gasteiger partial charge in [-0.25, -0.2) is 4.98 Å². The summed E-state index contributed by atoms with van der Waals surface area (Å²) in [6.45, 7) is 4.37. The molecule has 2 nitrogen and oxygen atoms in total. The van der Waals surface area contributed by atoms with E-state index in [0.717, 1.165) is 17.3 Å². The van der Waals surface area contributed by atoms with Crippen LogP contribution in [0.15, 0.2) is 5.38 Å². The fraction of sp³-hybridized carbons (Fsp3) is 0.786. The number of hydrogen-bond donors (Lipinski definition) is 1. The lowest BCUT2D eigenvalue weighted by atomic mass is 9.85. The quantitative estimate of drug-likeness (QED) is 0.870. The van der Waals surface area contributed by atoms with Crippen LogP contribution in [0.5, 0.6) is 0 Å². The molecule has 0 bridgehead atoms. The van der Waals surface area contributed by atoms with Gasteiger partial charge in [-0.3, -0.25) is 0 Å². The van der Waals surface area contributed by atoms with Crippen LogP contribution in [-0.4, -0.2) is 4.98 Å². The Kier molecular flexibility index (Phi) is 4.57. The Labute approximate surface area is 109 Å². The molecule has 2 rings (SSSR count). The molecule has 0 aliphatic heterocycles. The fourth-order valence-electron chi connectivity index (χ4n) is 2.62. The lowest BCUT2D eigenvalue weighted by Crippen LogP contribution is -2.17. The minimum Gasteiger partial charge on any atom is -0.322 e. The normalized spacial score (nSPS) is 19.8. The van der Waals surface area contributed by atoms with Crippen LogP contribution in [0, 0.1) is 5.92 Å². The van der Waals surface area contributed by atoms with Crippen molar-refractivity contribution in [2.75, 3.05) is 0 Å². The lowest BCUT2D eigenvalue weighted by Gasteiger charge is -2.23. The summed E-state index contributed by atoms with van der Waals surface area (Å²) in [6.07, 6.45) is 8.08. The minimum atomic E-state index is 0.163. The van der Waals surface area contributed by atoms with E-state index in [1.807, 2.05) is 0 Å². The summed E-state index contributed by atoms with van der Waals surface area (Å²) in [4.78, 5) is 4.67. The Bertz CT molecular complexity index is 340. The van der Waals surface area contributed by atoms with E-state index >= 15 is 0 Å². The number of aromatic nitrogens is 1. The molecule has 1 atom stereocenters. The summed E-state index contributed by atoms with van der Waals surface area (Å²) in [7, 11) is 0. The van der Waals surface area contributed by atoms with E-state index in [4.69, 9.17) is 5.73 Å². The Balaban J connectivity index is 1.91. The van der Waals surface area contributed by atoms with Gasteiger partial charge >= 0.3 is 0 Å². The highest BCUT2D eigenvalue weighted by Gasteiger charge is 2.19. The third kappa shape index (κ3) is 3.52. The van der Waals surface area contributed by atoms with E-state index < -0.39 is 0 Å². The molecule has 1 fully saturated rings. The molecule has 1 aromatic heterocycles. The van der Waals surface area contributed by atoms with Crippen LogP contribution in [-0.2, 0) is 0 Å². The first-order valence-corrected chi connectivity index (χ1v) is 7.75. The van der Waals surface area contributed by atoms with Crippen molar-refractivity contribution in [1.29, 1.82) is 0 Å². The first-order chi connectivity index (χ1) is 8.16. The zero-order valence-corrected chi connectivity index (χ0v) is 11.8. The average Bonchev–Trinajstić information content (AvgIpc) is 2.79. The fourth-order valence-corrected chi connectivity index (χ4v) is 3.61. The SMILES string of the molecule is CC(C)c1csc(C(N)CC2CCCCC2)n1. The van der Waals surface area contributed by atoms with Gasteiger partial charge in [0.05, 0.1) is 11.7 Å². The Morgan fingerprint density at radius 1 is 1.35 bits per heavy atom. The molecule has 1 heterocycles. The highest BCUT2D eigenvalue weighted by Crippen LogP contribution is 2.32. The van der Waals surface area contributed by atoms with Gasteiger partial charge in [0.15, 0.2) is 0 Å². The maximum atomic E-state index is 6.29. The zero-order valence-electron chi connectivity index (χ0n) is 11.0. The number of thiazole rings is 1. The largest absolute Gasteiger partial charge is 0.322 e. The molecule has 1 aliphatic carbocycles. The molecule has 0 amide bonds. The number of nitrogens with two attached hydrogens (primary N) is 1. The molecular formula is C14H24N2S. The molecule has 96 valence electrons. The van der Waals surface area contributed by atoms with Crippen LogP contribution in [0.3, 0.4) is 0 Å². The van der Waals surface area contributed by atoms with Crippen LogP contribution >= 0.6 is 11.3 Å². The first kappa shape index (κ1) is 13.0. The van der Waals surface area contributed by atoms with Crippen molar-refractivity contribution < 1.29 is 0 Å². The first-order valence-electron chi connectivity index (χ1n) is 6.87. The molecule has 0 aromatic carbocycles. The van der Waals surface area contributed by atoms with E-state index in [9.17, 15) is 0 Å². The predicted molar refractivity (Wildman–Crippen MR) is 74.3 cm³/mol. The summed E-state index contributed by atoms with van der Waals surface area (Å²) in [6, 6.07) is 0.163. The van der Waals surface area contributed by atoms with E-state index in [1.54, 1.807) is 11.3 Å². The van der Waals surface area contributed by atoms with Gasteiger partial charge in [0, 0.05) is 5.38 Å². The van der Waals surface area contributed by atoms with Gasteiger partial charge in [-0.15, -0.1) is 11.3 Å². The molecule has 2 N–H and O–H groups in total. The molecule has 0 saturated heterocycles. The smallest absolute Gasteiger partial charge is 0.110 e. The minimum absolute atomic E-state index is 0.163. The van der Waals surface area contributed by atoms with E-state index in [-0.39, 0.29) is 6.04 Å². The van der Waals surface area contributed by atoms with Crippen LogP contribution in [0.1, 0.15) is 75.0 Å². The monoisotopic (exact) mass is 252 g/mol.